The first kappa shape index (κ1) is 17.8. The van der Waals surface area contributed by atoms with Gasteiger partial charge < -0.3 is 15.4 Å². The quantitative estimate of drug-likeness (QED) is 0.527. The molecule has 0 aromatic heterocycles. The molecule has 0 atom stereocenters. The first-order valence-corrected chi connectivity index (χ1v) is 7.83. The lowest BCUT2D eigenvalue weighted by Gasteiger charge is -2.15. The molecule has 0 saturated heterocycles. The smallest absolute Gasteiger partial charge is 0.305 e. The summed E-state index contributed by atoms with van der Waals surface area (Å²) in [5.74, 6) is -1.12. The van der Waals surface area contributed by atoms with Crippen LogP contribution in [0.4, 0.5) is 0 Å². The number of rotatable bonds is 10. The fraction of sp³-hybridized carbons (Fsp3) is 0.818. The molecule has 0 spiro atoms. The van der Waals surface area contributed by atoms with E-state index in [1.54, 1.807) is 7.05 Å². The number of nitrogens with two attached hydrogens (primary N) is 1. The molecule has 2 N–H and O–H groups in total. The molecule has 0 rings (SSSR count). The van der Waals surface area contributed by atoms with E-state index in [2.05, 4.69) is 4.74 Å². The number of esters is 1. The van der Waals surface area contributed by atoms with Gasteiger partial charge in [0.05, 0.1) is 18.6 Å². The van der Waals surface area contributed by atoms with Gasteiger partial charge in [0.25, 0.3) is 0 Å². The lowest BCUT2D eigenvalue weighted by atomic mass is 10.3. The average Bonchev–Trinajstić information content (AvgIpc) is 2.34. The summed E-state index contributed by atoms with van der Waals surface area (Å²) in [5.41, 5.74) is 4.91. The van der Waals surface area contributed by atoms with Crippen LogP contribution in [0.25, 0.3) is 0 Å². The molecule has 8 heteroatoms. The Labute approximate surface area is 114 Å². The molecule has 0 aliphatic heterocycles. The number of carbonyl (C=O) groups is 2. The summed E-state index contributed by atoms with van der Waals surface area (Å²) in [6.45, 7) is 0.975. The molecule has 1 amide bonds. The van der Waals surface area contributed by atoms with Gasteiger partial charge in [-0.3, -0.25) is 9.59 Å². The Morgan fingerprint density at radius 2 is 1.79 bits per heavy atom. The van der Waals surface area contributed by atoms with Crippen molar-refractivity contribution in [1.29, 1.82) is 0 Å². The third-order valence-corrected chi connectivity index (χ3v) is 4.22. The van der Waals surface area contributed by atoms with E-state index in [9.17, 15) is 18.0 Å². The van der Waals surface area contributed by atoms with Gasteiger partial charge in [-0.05, 0) is 20.0 Å². The number of hydrogen-bond acceptors (Lipinski definition) is 6. The van der Waals surface area contributed by atoms with Crippen molar-refractivity contribution in [2.75, 3.05) is 38.8 Å². The van der Waals surface area contributed by atoms with E-state index in [1.165, 1.54) is 7.11 Å². The van der Waals surface area contributed by atoms with Crippen molar-refractivity contribution >= 4 is 21.7 Å². The number of amides is 1. The van der Waals surface area contributed by atoms with Gasteiger partial charge in [-0.15, -0.1) is 0 Å². The number of carbonyl (C=O) groups excluding carboxylic acids is 2. The Balaban J connectivity index is 3.85. The molecule has 0 aliphatic carbocycles. The van der Waals surface area contributed by atoms with Gasteiger partial charge in [0.15, 0.2) is 9.84 Å². The lowest BCUT2D eigenvalue weighted by Crippen LogP contribution is -2.29. The minimum atomic E-state index is -3.25. The Bertz CT molecular complexity index is 394. The van der Waals surface area contributed by atoms with Gasteiger partial charge in [0.1, 0.15) is 0 Å². The van der Waals surface area contributed by atoms with Crippen LogP contribution in [0.3, 0.4) is 0 Å². The highest BCUT2D eigenvalue weighted by Gasteiger charge is 2.13. The number of primary amides is 1. The summed E-state index contributed by atoms with van der Waals surface area (Å²) in [7, 11) is -0.143. The zero-order chi connectivity index (χ0) is 14.9. The van der Waals surface area contributed by atoms with Crippen molar-refractivity contribution in [3.8, 4) is 0 Å². The maximum Gasteiger partial charge on any atom is 0.305 e. The molecule has 0 unspecified atom stereocenters. The van der Waals surface area contributed by atoms with Gasteiger partial charge in [-0.1, -0.05) is 0 Å². The first-order valence-electron chi connectivity index (χ1n) is 6.01. The van der Waals surface area contributed by atoms with E-state index >= 15 is 0 Å². The molecule has 0 radical (unpaired) electrons. The number of hydrogen-bond donors (Lipinski definition) is 1. The van der Waals surface area contributed by atoms with Crippen molar-refractivity contribution in [2.45, 2.75) is 19.3 Å². The van der Waals surface area contributed by atoms with Gasteiger partial charge in [0, 0.05) is 19.4 Å². The molecule has 0 bridgehead atoms. The van der Waals surface area contributed by atoms with Crippen molar-refractivity contribution < 1.29 is 22.7 Å². The fourth-order valence-electron chi connectivity index (χ4n) is 1.36. The predicted octanol–water partition coefficient (Wildman–Crippen LogP) is -0.838. The summed E-state index contributed by atoms with van der Waals surface area (Å²) in [6, 6.07) is 0. The standard InChI is InChI=1S/C11H22N2O5S/c1-13(6-3-4-11(15)18-2)7-9-19(16,17)8-5-10(12)14/h3-9H2,1-2H3,(H2,12,14). The second-order valence-corrected chi connectivity index (χ2v) is 6.65. The van der Waals surface area contributed by atoms with E-state index in [1.807, 2.05) is 4.90 Å². The molecule has 112 valence electrons. The molecular formula is C11H22N2O5S. The monoisotopic (exact) mass is 294 g/mol. The number of nitrogens with zero attached hydrogens (tertiary/aromatic N) is 1. The first-order chi connectivity index (χ1) is 8.76. The Kier molecular flexibility index (Phi) is 8.33. The molecule has 0 fully saturated rings. The summed E-state index contributed by atoms with van der Waals surface area (Å²) in [6.07, 6.45) is 0.786. The molecule has 0 aromatic rings. The molecule has 0 aliphatic rings. The van der Waals surface area contributed by atoms with Crippen LogP contribution in [0.15, 0.2) is 0 Å². The third-order valence-electron chi connectivity index (χ3n) is 2.59. The highest BCUT2D eigenvalue weighted by Crippen LogP contribution is 1.98. The molecule has 0 heterocycles. The zero-order valence-electron chi connectivity index (χ0n) is 11.4. The summed E-state index contributed by atoms with van der Waals surface area (Å²) >= 11 is 0. The summed E-state index contributed by atoms with van der Waals surface area (Å²) in [4.78, 5) is 23.2. The largest absolute Gasteiger partial charge is 0.469 e. The molecular weight excluding hydrogens is 272 g/mol. The highest BCUT2D eigenvalue weighted by atomic mass is 32.2. The fourth-order valence-corrected chi connectivity index (χ4v) is 2.67. The van der Waals surface area contributed by atoms with Gasteiger partial charge in [-0.2, -0.15) is 0 Å². The van der Waals surface area contributed by atoms with Crippen molar-refractivity contribution in [3.63, 3.8) is 0 Å². The lowest BCUT2D eigenvalue weighted by molar-refractivity contribution is -0.140. The maximum absolute atomic E-state index is 11.6. The van der Waals surface area contributed by atoms with Crippen LogP contribution < -0.4 is 5.73 Å². The average molecular weight is 294 g/mol. The van der Waals surface area contributed by atoms with Crippen LogP contribution in [0.2, 0.25) is 0 Å². The number of ether oxygens (including phenoxy) is 1. The van der Waals surface area contributed by atoms with Crippen molar-refractivity contribution in [3.05, 3.63) is 0 Å². The summed E-state index contributed by atoms with van der Waals surface area (Å²) in [5, 5.41) is 0. The number of sulfone groups is 1. The van der Waals surface area contributed by atoms with Crippen LogP contribution in [-0.2, 0) is 24.2 Å². The number of methoxy groups -OCH3 is 1. The minimum Gasteiger partial charge on any atom is -0.469 e. The zero-order valence-corrected chi connectivity index (χ0v) is 12.2. The van der Waals surface area contributed by atoms with Crippen molar-refractivity contribution in [2.24, 2.45) is 5.73 Å². The molecule has 0 saturated carbocycles. The Morgan fingerprint density at radius 1 is 1.16 bits per heavy atom. The topological polar surface area (TPSA) is 107 Å². The van der Waals surface area contributed by atoms with Crippen LogP contribution in [-0.4, -0.2) is 63.9 Å². The predicted molar refractivity (Wildman–Crippen MR) is 71.2 cm³/mol. The van der Waals surface area contributed by atoms with E-state index in [0.717, 1.165) is 0 Å². The maximum atomic E-state index is 11.6. The van der Waals surface area contributed by atoms with Crippen LogP contribution in [0.1, 0.15) is 19.3 Å². The second-order valence-electron chi connectivity index (χ2n) is 4.35. The van der Waals surface area contributed by atoms with Gasteiger partial charge in [0.2, 0.25) is 5.91 Å². The highest BCUT2D eigenvalue weighted by molar-refractivity contribution is 7.91. The van der Waals surface area contributed by atoms with Crippen molar-refractivity contribution in [1.82, 2.24) is 4.90 Å². The van der Waals surface area contributed by atoms with E-state index in [4.69, 9.17) is 5.73 Å². The minimum absolute atomic E-state index is 0.0188. The SMILES string of the molecule is COC(=O)CCCN(C)CCS(=O)(=O)CCC(N)=O. The Morgan fingerprint density at radius 3 is 2.32 bits per heavy atom. The molecule has 19 heavy (non-hydrogen) atoms. The van der Waals surface area contributed by atoms with E-state index < -0.39 is 15.7 Å². The van der Waals surface area contributed by atoms with Gasteiger partial charge in [-0.25, -0.2) is 8.42 Å². The Hall–Kier alpha value is -1.15. The third kappa shape index (κ3) is 10.5. The van der Waals surface area contributed by atoms with Gasteiger partial charge >= 0.3 is 5.97 Å². The van der Waals surface area contributed by atoms with Crippen LogP contribution >= 0.6 is 0 Å². The summed E-state index contributed by atoms with van der Waals surface area (Å²) < 4.78 is 27.6. The van der Waals surface area contributed by atoms with Crippen LogP contribution in [0, 0.1) is 0 Å². The molecule has 0 aromatic carbocycles. The normalized spacial score (nSPS) is 11.5. The second kappa shape index (κ2) is 8.87. The van der Waals surface area contributed by atoms with E-state index in [-0.39, 0.29) is 23.9 Å². The van der Waals surface area contributed by atoms with E-state index in [0.29, 0.717) is 25.9 Å². The molecule has 7 nitrogen and oxygen atoms in total. The van der Waals surface area contributed by atoms with Crippen LogP contribution in [0.5, 0.6) is 0 Å².